The van der Waals surface area contributed by atoms with Gasteiger partial charge < -0.3 is 25.0 Å². The van der Waals surface area contributed by atoms with Gasteiger partial charge in [0, 0.05) is 23.8 Å². The average molecular weight is 603 g/mol. The van der Waals surface area contributed by atoms with Crippen LogP contribution in [0.15, 0.2) is 53.1 Å². The molecule has 0 bridgehead atoms. The summed E-state index contributed by atoms with van der Waals surface area (Å²) in [5.74, 6) is -2.33. The van der Waals surface area contributed by atoms with Crippen LogP contribution < -0.4 is 20.3 Å². The number of carbonyl (C=O) groups excluding carboxylic acids is 2. The molecule has 2 heterocycles. The molecule has 2 amide bonds. The maximum Gasteiger partial charge on any atom is 0.407 e. The van der Waals surface area contributed by atoms with Crippen molar-refractivity contribution in [3.8, 4) is 17.0 Å². The second-order valence-electron chi connectivity index (χ2n) is 10.0. The van der Waals surface area contributed by atoms with Crippen LogP contribution in [0.5, 0.6) is 5.75 Å². The molecule has 1 saturated heterocycles. The number of benzene rings is 2. The van der Waals surface area contributed by atoms with E-state index in [9.17, 15) is 14.0 Å². The van der Waals surface area contributed by atoms with E-state index < -0.39 is 29.2 Å². The number of hydrogen-bond acceptors (Lipinski definition) is 6. The Morgan fingerprint density at radius 1 is 1.15 bits per heavy atom. The smallest absolute Gasteiger partial charge is 0.407 e. The van der Waals surface area contributed by atoms with Gasteiger partial charge in [-0.1, -0.05) is 22.0 Å². The summed E-state index contributed by atoms with van der Waals surface area (Å²) in [5, 5.41) is 5.65. The number of alkyl carbamates (subject to hydrolysis) is 1. The first kappa shape index (κ1) is 28.3. The minimum absolute atomic E-state index is 0.0951. The van der Waals surface area contributed by atoms with E-state index >= 15 is 4.39 Å². The van der Waals surface area contributed by atoms with Gasteiger partial charge >= 0.3 is 6.09 Å². The Morgan fingerprint density at radius 3 is 2.64 bits per heavy atom. The minimum Gasteiger partial charge on any atom is -0.496 e. The van der Waals surface area contributed by atoms with Crippen LogP contribution in [0.25, 0.3) is 11.3 Å². The quantitative estimate of drug-likeness (QED) is 0.351. The third kappa shape index (κ3) is 6.65. The number of amides is 2. The van der Waals surface area contributed by atoms with Crippen molar-refractivity contribution in [2.45, 2.75) is 38.8 Å². The minimum atomic E-state index is -0.972. The standard InChI is InChI=1S/C28H29BrF2N4O4/c1-28(2,3)39-27(37)33-17-11-13-35(15-17)21-14-16(29)8-9-20(21)34-26(36)18-10-12-32-25(24(18)31)23-19(30)6-5-7-22(23)38-4/h5-10,12,14,17H,11,13,15H2,1-4H3,(H,33,37)(H,34,36)/t17-/m0/s1. The highest BCUT2D eigenvalue weighted by Gasteiger charge is 2.29. The maximum atomic E-state index is 15.5. The van der Waals surface area contributed by atoms with E-state index in [-0.39, 0.29) is 28.6 Å². The van der Waals surface area contributed by atoms with Gasteiger partial charge in [-0.3, -0.25) is 9.78 Å². The molecule has 11 heteroatoms. The first-order valence-electron chi connectivity index (χ1n) is 12.3. The Hall–Kier alpha value is -3.73. The number of halogens is 3. The lowest BCUT2D eigenvalue weighted by Crippen LogP contribution is -2.40. The molecule has 0 unspecified atom stereocenters. The fraction of sp³-hybridized carbons (Fsp3) is 0.321. The highest BCUT2D eigenvalue weighted by Crippen LogP contribution is 2.35. The Morgan fingerprint density at radius 2 is 1.92 bits per heavy atom. The molecule has 1 fully saturated rings. The van der Waals surface area contributed by atoms with Gasteiger partial charge in [-0.25, -0.2) is 13.6 Å². The normalized spacial score (nSPS) is 15.2. The molecule has 1 aliphatic rings. The van der Waals surface area contributed by atoms with Crippen LogP contribution in [0.2, 0.25) is 0 Å². The summed E-state index contributed by atoms with van der Waals surface area (Å²) in [6.07, 6.45) is 1.42. The lowest BCUT2D eigenvalue weighted by molar-refractivity contribution is 0.0509. The molecule has 1 aliphatic heterocycles. The number of nitrogens with zero attached hydrogens (tertiary/aromatic N) is 2. The highest BCUT2D eigenvalue weighted by atomic mass is 79.9. The number of methoxy groups -OCH3 is 1. The first-order chi connectivity index (χ1) is 18.5. The van der Waals surface area contributed by atoms with E-state index in [1.54, 1.807) is 32.9 Å². The molecule has 1 atom stereocenters. The van der Waals surface area contributed by atoms with Gasteiger partial charge in [0.25, 0.3) is 5.91 Å². The maximum absolute atomic E-state index is 15.5. The number of anilines is 2. The van der Waals surface area contributed by atoms with Crippen molar-refractivity contribution in [1.82, 2.24) is 10.3 Å². The Balaban J connectivity index is 1.56. The summed E-state index contributed by atoms with van der Waals surface area (Å²) in [4.78, 5) is 31.5. The van der Waals surface area contributed by atoms with Crippen molar-refractivity contribution >= 4 is 39.3 Å². The molecular weight excluding hydrogens is 574 g/mol. The van der Waals surface area contributed by atoms with Crippen molar-refractivity contribution in [2.75, 3.05) is 30.4 Å². The number of rotatable bonds is 6. The van der Waals surface area contributed by atoms with Gasteiger partial charge in [0.05, 0.1) is 35.7 Å². The predicted molar refractivity (Wildman–Crippen MR) is 148 cm³/mol. The number of ether oxygens (including phenoxy) is 2. The lowest BCUT2D eigenvalue weighted by Gasteiger charge is -2.24. The van der Waals surface area contributed by atoms with Gasteiger partial charge in [0.1, 0.15) is 22.9 Å². The number of carbonyl (C=O) groups is 2. The first-order valence-corrected chi connectivity index (χ1v) is 13.1. The van der Waals surface area contributed by atoms with Crippen LogP contribution in [0.3, 0.4) is 0 Å². The van der Waals surface area contributed by atoms with Crippen molar-refractivity contribution in [2.24, 2.45) is 0 Å². The van der Waals surface area contributed by atoms with Gasteiger partial charge in [-0.05, 0) is 63.6 Å². The SMILES string of the molecule is COc1cccc(F)c1-c1nccc(C(=O)Nc2ccc(Br)cc2N2CC[C@H](NC(=O)OC(C)(C)C)C2)c1F. The summed E-state index contributed by atoms with van der Waals surface area (Å²) in [6, 6.07) is 10.5. The summed E-state index contributed by atoms with van der Waals surface area (Å²) >= 11 is 3.47. The van der Waals surface area contributed by atoms with Crippen molar-refractivity contribution in [1.29, 1.82) is 0 Å². The summed E-state index contributed by atoms with van der Waals surface area (Å²) < 4.78 is 41.5. The van der Waals surface area contributed by atoms with Crippen LogP contribution >= 0.6 is 15.9 Å². The van der Waals surface area contributed by atoms with E-state index in [1.165, 1.54) is 37.6 Å². The van der Waals surface area contributed by atoms with Crippen LogP contribution in [0.1, 0.15) is 37.6 Å². The molecule has 2 N–H and O–H groups in total. The fourth-order valence-corrected chi connectivity index (χ4v) is 4.68. The highest BCUT2D eigenvalue weighted by molar-refractivity contribution is 9.10. The van der Waals surface area contributed by atoms with Crippen LogP contribution in [0, 0.1) is 11.6 Å². The average Bonchev–Trinajstić information content (AvgIpc) is 3.32. The second kappa shape index (κ2) is 11.6. The Bertz CT molecular complexity index is 1400. The predicted octanol–water partition coefficient (Wildman–Crippen LogP) is 6.15. The molecule has 8 nitrogen and oxygen atoms in total. The largest absolute Gasteiger partial charge is 0.496 e. The van der Waals surface area contributed by atoms with E-state index in [1.807, 2.05) is 11.0 Å². The van der Waals surface area contributed by atoms with Crippen LogP contribution in [-0.2, 0) is 4.74 Å². The molecule has 2 aromatic carbocycles. The van der Waals surface area contributed by atoms with Crippen molar-refractivity contribution < 1.29 is 27.8 Å². The number of aromatic nitrogens is 1. The molecule has 39 heavy (non-hydrogen) atoms. The Labute approximate surface area is 233 Å². The number of nitrogens with one attached hydrogen (secondary N) is 2. The third-order valence-electron chi connectivity index (χ3n) is 6.02. The lowest BCUT2D eigenvalue weighted by atomic mass is 10.1. The molecule has 206 valence electrons. The van der Waals surface area contributed by atoms with E-state index in [2.05, 4.69) is 31.5 Å². The molecular formula is C28H29BrF2N4O4. The zero-order chi connectivity index (χ0) is 28.3. The molecule has 0 saturated carbocycles. The van der Waals surface area contributed by atoms with Crippen molar-refractivity contribution in [3.05, 3.63) is 70.3 Å². The second-order valence-corrected chi connectivity index (χ2v) is 10.9. The van der Waals surface area contributed by atoms with E-state index in [0.717, 1.165) is 4.47 Å². The fourth-order valence-electron chi connectivity index (χ4n) is 4.33. The number of pyridine rings is 1. The molecule has 4 rings (SSSR count). The summed E-state index contributed by atoms with van der Waals surface area (Å²) in [6.45, 7) is 6.49. The zero-order valence-electron chi connectivity index (χ0n) is 22.0. The monoisotopic (exact) mass is 602 g/mol. The topological polar surface area (TPSA) is 92.8 Å². The van der Waals surface area contributed by atoms with Crippen LogP contribution in [0.4, 0.5) is 25.0 Å². The van der Waals surface area contributed by atoms with Crippen LogP contribution in [-0.4, -0.2) is 48.8 Å². The molecule has 0 aliphatic carbocycles. The van der Waals surface area contributed by atoms with Gasteiger partial charge in [-0.2, -0.15) is 0 Å². The Kier molecular flexibility index (Phi) is 8.39. The summed E-state index contributed by atoms with van der Waals surface area (Å²) in [7, 11) is 1.34. The van der Waals surface area contributed by atoms with E-state index in [4.69, 9.17) is 9.47 Å². The molecule has 0 radical (unpaired) electrons. The zero-order valence-corrected chi connectivity index (χ0v) is 23.6. The van der Waals surface area contributed by atoms with Gasteiger partial charge in [0.2, 0.25) is 0 Å². The molecule has 3 aromatic rings. The van der Waals surface area contributed by atoms with E-state index in [0.29, 0.717) is 30.9 Å². The third-order valence-corrected chi connectivity index (χ3v) is 6.52. The molecule has 1 aromatic heterocycles. The van der Waals surface area contributed by atoms with Gasteiger partial charge in [-0.15, -0.1) is 0 Å². The van der Waals surface area contributed by atoms with Gasteiger partial charge in [0.15, 0.2) is 5.82 Å². The molecule has 0 spiro atoms. The van der Waals surface area contributed by atoms with Crippen molar-refractivity contribution in [3.63, 3.8) is 0 Å². The summed E-state index contributed by atoms with van der Waals surface area (Å²) in [5.41, 5.74) is -0.269. The number of hydrogen-bond donors (Lipinski definition) is 2.